The van der Waals surface area contributed by atoms with Crippen molar-refractivity contribution in [3.05, 3.63) is 48.0 Å². The van der Waals surface area contributed by atoms with Crippen molar-refractivity contribution in [2.75, 3.05) is 0 Å². The van der Waals surface area contributed by atoms with Crippen molar-refractivity contribution in [3.8, 4) is 0 Å². The number of benzene rings is 2. The van der Waals surface area contributed by atoms with E-state index in [1.54, 1.807) is 5.56 Å². The first-order valence-electron chi connectivity index (χ1n) is 8.70. The highest BCUT2D eigenvalue weighted by molar-refractivity contribution is 5.86. The Kier molecular flexibility index (Phi) is 3.28. The van der Waals surface area contributed by atoms with E-state index in [9.17, 15) is 0 Å². The fourth-order valence-electron chi connectivity index (χ4n) is 5.36. The topological polar surface area (TPSA) is 0 Å². The number of rotatable bonds is 1. The highest BCUT2D eigenvalue weighted by atomic mass is 14.5. The van der Waals surface area contributed by atoms with Crippen LogP contribution in [-0.2, 0) is 0 Å². The predicted octanol–water partition coefficient (Wildman–Crippen LogP) is 6.02. The molecule has 2 aliphatic carbocycles. The van der Waals surface area contributed by atoms with Crippen molar-refractivity contribution >= 4 is 10.8 Å². The van der Waals surface area contributed by atoms with E-state index in [-0.39, 0.29) is 0 Å². The molecule has 0 saturated heterocycles. The van der Waals surface area contributed by atoms with E-state index < -0.39 is 0 Å². The van der Waals surface area contributed by atoms with E-state index in [0.717, 1.165) is 29.6 Å². The van der Waals surface area contributed by atoms with Crippen molar-refractivity contribution in [2.24, 2.45) is 23.7 Å². The van der Waals surface area contributed by atoms with Crippen LogP contribution < -0.4 is 0 Å². The molecule has 21 heavy (non-hydrogen) atoms. The van der Waals surface area contributed by atoms with Crippen molar-refractivity contribution in [3.63, 3.8) is 0 Å². The minimum absolute atomic E-state index is 0.787. The van der Waals surface area contributed by atoms with Gasteiger partial charge in [-0.05, 0) is 71.6 Å². The van der Waals surface area contributed by atoms with Crippen LogP contribution in [0.4, 0.5) is 0 Å². The third kappa shape index (κ3) is 2.29. The van der Waals surface area contributed by atoms with Gasteiger partial charge in [0.15, 0.2) is 0 Å². The summed E-state index contributed by atoms with van der Waals surface area (Å²) in [6.07, 6.45) is 5.78. The predicted molar refractivity (Wildman–Crippen MR) is 90.5 cm³/mol. The Morgan fingerprint density at radius 2 is 1.48 bits per heavy atom. The molecular weight excluding hydrogens is 252 g/mol. The van der Waals surface area contributed by atoms with Crippen LogP contribution in [0.15, 0.2) is 42.5 Å². The monoisotopic (exact) mass is 278 g/mol. The first-order valence-corrected chi connectivity index (χ1v) is 8.70. The highest BCUT2D eigenvalue weighted by Crippen LogP contribution is 2.53. The minimum Gasteiger partial charge on any atom is -0.0625 e. The zero-order chi connectivity index (χ0) is 14.4. The maximum atomic E-state index is 2.47. The van der Waals surface area contributed by atoms with Crippen LogP contribution in [0.2, 0.25) is 0 Å². The first kappa shape index (κ1) is 13.4. The lowest BCUT2D eigenvalue weighted by Gasteiger charge is -2.38. The van der Waals surface area contributed by atoms with Gasteiger partial charge in [0.05, 0.1) is 0 Å². The summed E-state index contributed by atoms with van der Waals surface area (Å²) < 4.78 is 0. The normalized spacial score (nSPS) is 35.8. The molecule has 0 radical (unpaired) electrons. The third-order valence-electron chi connectivity index (χ3n) is 6.09. The molecule has 0 aromatic heterocycles. The molecule has 0 amide bonds. The van der Waals surface area contributed by atoms with E-state index in [1.807, 2.05) is 0 Å². The maximum absolute atomic E-state index is 2.47. The molecule has 2 fully saturated rings. The van der Waals surface area contributed by atoms with Gasteiger partial charge in [0.2, 0.25) is 0 Å². The van der Waals surface area contributed by atoms with E-state index in [2.05, 4.69) is 56.3 Å². The molecular formula is C21H26. The Balaban J connectivity index is 1.79. The number of hydrogen-bond acceptors (Lipinski definition) is 0. The average Bonchev–Trinajstić information content (AvgIpc) is 2.86. The summed E-state index contributed by atoms with van der Waals surface area (Å²) in [7, 11) is 0. The lowest BCUT2D eigenvalue weighted by Crippen LogP contribution is -2.27. The zero-order valence-corrected chi connectivity index (χ0v) is 13.3. The van der Waals surface area contributed by atoms with Crippen LogP contribution >= 0.6 is 0 Å². The fraction of sp³-hybridized carbons (Fsp3) is 0.524. The first-order chi connectivity index (χ1) is 10.2. The van der Waals surface area contributed by atoms with Crippen LogP contribution in [0.1, 0.15) is 51.0 Å². The van der Waals surface area contributed by atoms with Gasteiger partial charge in [-0.3, -0.25) is 0 Å². The molecule has 0 nitrogen and oxygen atoms in total. The molecule has 0 N–H and O–H groups in total. The Bertz CT molecular complexity index is 636. The van der Waals surface area contributed by atoms with E-state index in [0.29, 0.717) is 0 Å². The van der Waals surface area contributed by atoms with Crippen LogP contribution in [0.3, 0.4) is 0 Å². The Hall–Kier alpha value is -1.30. The van der Waals surface area contributed by atoms with Gasteiger partial charge >= 0.3 is 0 Å². The second kappa shape index (κ2) is 5.16. The van der Waals surface area contributed by atoms with E-state index >= 15 is 0 Å². The largest absolute Gasteiger partial charge is 0.0625 e. The van der Waals surface area contributed by atoms with Gasteiger partial charge in [-0.25, -0.2) is 0 Å². The molecule has 0 bridgehead atoms. The van der Waals surface area contributed by atoms with Crippen molar-refractivity contribution < 1.29 is 0 Å². The van der Waals surface area contributed by atoms with Crippen LogP contribution in [0, 0.1) is 23.7 Å². The van der Waals surface area contributed by atoms with Gasteiger partial charge in [0, 0.05) is 0 Å². The number of fused-ring (bicyclic) bond motifs is 2. The molecule has 5 unspecified atom stereocenters. The summed E-state index contributed by atoms with van der Waals surface area (Å²) >= 11 is 0. The smallest absolute Gasteiger partial charge is 0.0122 e. The molecule has 0 spiro atoms. The second-order valence-corrected chi connectivity index (χ2v) is 7.75. The van der Waals surface area contributed by atoms with Gasteiger partial charge < -0.3 is 0 Å². The highest BCUT2D eigenvalue weighted by Gasteiger charge is 2.42. The molecule has 110 valence electrons. The van der Waals surface area contributed by atoms with E-state index in [1.165, 1.54) is 36.5 Å². The molecule has 0 heteroatoms. The van der Waals surface area contributed by atoms with E-state index in [4.69, 9.17) is 0 Å². The van der Waals surface area contributed by atoms with Crippen molar-refractivity contribution in [1.82, 2.24) is 0 Å². The maximum Gasteiger partial charge on any atom is -0.0122 e. The lowest BCUT2D eigenvalue weighted by atomic mass is 9.67. The summed E-state index contributed by atoms with van der Waals surface area (Å²) in [5.41, 5.74) is 1.63. The van der Waals surface area contributed by atoms with Crippen LogP contribution in [-0.4, -0.2) is 0 Å². The molecule has 4 rings (SSSR count). The van der Waals surface area contributed by atoms with Gasteiger partial charge in [-0.2, -0.15) is 0 Å². The Morgan fingerprint density at radius 3 is 2.33 bits per heavy atom. The fourth-order valence-corrected chi connectivity index (χ4v) is 5.36. The molecule has 2 saturated carbocycles. The Morgan fingerprint density at radius 1 is 0.762 bits per heavy atom. The summed E-state index contributed by atoms with van der Waals surface area (Å²) in [5, 5.41) is 2.91. The van der Waals surface area contributed by atoms with Crippen molar-refractivity contribution in [1.29, 1.82) is 0 Å². The molecule has 5 atom stereocenters. The third-order valence-corrected chi connectivity index (χ3v) is 6.09. The van der Waals surface area contributed by atoms with Crippen molar-refractivity contribution in [2.45, 2.75) is 45.4 Å². The zero-order valence-electron chi connectivity index (χ0n) is 13.3. The molecule has 2 aromatic rings. The average molecular weight is 278 g/mol. The summed E-state index contributed by atoms with van der Waals surface area (Å²) in [5.74, 6) is 4.52. The molecule has 2 aliphatic rings. The second-order valence-electron chi connectivity index (χ2n) is 7.75. The molecule has 2 aromatic carbocycles. The molecule has 0 heterocycles. The molecule has 0 aliphatic heterocycles. The Labute approximate surface area is 128 Å². The quantitative estimate of drug-likeness (QED) is 0.598. The summed E-state index contributed by atoms with van der Waals surface area (Å²) in [4.78, 5) is 0. The van der Waals surface area contributed by atoms with Gasteiger partial charge in [0.25, 0.3) is 0 Å². The van der Waals surface area contributed by atoms with Crippen LogP contribution in [0.5, 0.6) is 0 Å². The SMILES string of the molecule is CC1CC2CC(C)CC2C(c2cccc3ccccc23)C1. The number of hydrogen-bond donors (Lipinski definition) is 0. The summed E-state index contributed by atoms with van der Waals surface area (Å²) in [6.45, 7) is 4.93. The van der Waals surface area contributed by atoms with Gasteiger partial charge in [0.1, 0.15) is 0 Å². The van der Waals surface area contributed by atoms with Gasteiger partial charge in [-0.15, -0.1) is 0 Å². The summed E-state index contributed by atoms with van der Waals surface area (Å²) in [6, 6.07) is 15.9. The minimum atomic E-state index is 0.787. The van der Waals surface area contributed by atoms with Gasteiger partial charge in [-0.1, -0.05) is 56.3 Å². The standard InChI is InChI=1S/C21H26/c1-14-10-17-11-15(2)13-21(20(17)12-14)19-9-5-7-16-6-3-4-8-18(16)19/h3-9,14-15,17,20-21H,10-13H2,1-2H3. The van der Waals surface area contributed by atoms with Crippen LogP contribution in [0.25, 0.3) is 10.8 Å². The lowest BCUT2D eigenvalue weighted by molar-refractivity contribution is 0.187.